The van der Waals surface area contributed by atoms with Gasteiger partial charge in [0.15, 0.2) is 0 Å². The number of hydrogen-bond acceptors (Lipinski definition) is 2. The molecule has 0 saturated heterocycles. The Morgan fingerprint density at radius 2 is 2.20 bits per heavy atom. The van der Waals surface area contributed by atoms with Gasteiger partial charge in [0, 0.05) is 11.6 Å². The van der Waals surface area contributed by atoms with E-state index in [4.69, 9.17) is 0 Å². The molecule has 1 aliphatic carbocycles. The van der Waals surface area contributed by atoms with Gasteiger partial charge in [-0.25, -0.2) is 0 Å². The van der Waals surface area contributed by atoms with Crippen molar-refractivity contribution in [1.29, 1.82) is 0 Å². The second-order valence-corrected chi connectivity index (χ2v) is 4.25. The van der Waals surface area contributed by atoms with Crippen LogP contribution in [0.3, 0.4) is 0 Å². The highest BCUT2D eigenvalue weighted by Crippen LogP contribution is 2.44. The summed E-state index contributed by atoms with van der Waals surface area (Å²) < 4.78 is 0. The molecule has 2 rings (SSSR count). The van der Waals surface area contributed by atoms with Crippen LogP contribution in [0.4, 0.5) is 5.69 Å². The van der Waals surface area contributed by atoms with E-state index in [0.29, 0.717) is 5.92 Å². The molecule has 0 amide bonds. The Hall–Kier alpha value is -1.38. The summed E-state index contributed by atoms with van der Waals surface area (Å²) in [6.07, 6.45) is 2.16. The first kappa shape index (κ1) is 10.1. The van der Waals surface area contributed by atoms with Crippen molar-refractivity contribution in [1.82, 2.24) is 0 Å². The fourth-order valence-corrected chi connectivity index (χ4v) is 1.77. The second kappa shape index (κ2) is 3.65. The molecule has 1 fully saturated rings. The van der Waals surface area contributed by atoms with E-state index in [1.807, 2.05) is 19.1 Å². The normalized spacial score (nSPS) is 15.7. The van der Waals surface area contributed by atoms with Gasteiger partial charge in [-0.2, -0.15) is 0 Å². The molecule has 0 heterocycles. The number of nitro benzene ring substituents is 1. The zero-order chi connectivity index (χ0) is 11.0. The van der Waals surface area contributed by atoms with Crippen molar-refractivity contribution in [2.75, 3.05) is 0 Å². The molecule has 1 unspecified atom stereocenters. The van der Waals surface area contributed by atoms with Gasteiger partial charge in [-0.15, -0.1) is 0 Å². The topological polar surface area (TPSA) is 43.1 Å². The molecule has 0 spiro atoms. The number of hydrogen-bond donors (Lipinski definition) is 0. The summed E-state index contributed by atoms with van der Waals surface area (Å²) in [5, 5.41) is 10.8. The summed E-state index contributed by atoms with van der Waals surface area (Å²) in [6.45, 7) is 5.93. The Morgan fingerprint density at radius 3 is 2.67 bits per heavy atom. The van der Waals surface area contributed by atoms with Gasteiger partial charge in [-0.3, -0.25) is 10.1 Å². The first-order valence-corrected chi connectivity index (χ1v) is 5.21. The van der Waals surface area contributed by atoms with Crippen molar-refractivity contribution in [3.05, 3.63) is 46.4 Å². The fraction of sp³-hybridized carbons (Fsp3) is 0.417. The standard InChI is InChI=1S/C12H14NO2/c1-8(2)10-5-6-12(13(14)15)11(7-10)9-3-4-9/h5-9H,1,3-4H2,2H3. The Bertz CT molecular complexity index is 395. The summed E-state index contributed by atoms with van der Waals surface area (Å²) in [7, 11) is 0. The lowest BCUT2D eigenvalue weighted by atomic mass is 9.98. The second-order valence-electron chi connectivity index (χ2n) is 4.25. The molecule has 0 aliphatic heterocycles. The van der Waals surface area contributed by atoms with Gasteiger partial charge in [0.2, 0.25) is 0 Å². The van der Waals surface area contributed by atoms with E-state index < -0.39 is 0 Å². The quantitative estimate of drug-likeness (QED) is 0.559. The highest BCUT2D eigenvalue weighted by atomic mass is 16.6. The Balaban J connectivity index is 2.44. The van der Waals surface area contributed by atoms with Crippen molar-refractivity contribution in [2.45, 2.75) is 31.6 Å². The van der Waals surface area contributed by atoms with Crippen LogP contribution in [0.5, 0.6) is 0 Å². The van der Waals surface area contributed by atoms with Gasteiger partial charge < -0.3 is 0 Å². The lowest BCUT2D eigenvalue weighted by Gasteiger charge is -2.08. The average molecular weight is 204 g/mol. The zero-order valence-electron chi connectivity index (χ0n) is 8.77. The maximum atomic E-state index is 10.8. The van der Waals surface area contributed by atoms with Gasteiger partial charge in [-0.1, -0.05) is 13.0 Å². The van der Waals surface area contributed by atoms with Crippen molar-refractivity contribution >= 4 is 5.69 Å². The third-order valence-electron chi connectivity index (χ3n) is 2.83. The molecule has 3 heteroatoms. The molecule has 1 aromatic rings. The number of rotatable bonds is 3. The van der Waals surface area contributed by atoms with Gasteiger partial charge in [0.05, 0.1) is 4.92 Å². The summed E-state index contributed by atoms with van der Waals surface area (Å²) in [5.41, 5.74) is 2.25. The van der Waals surface area contributed by atoms with Crippen molar-refractivity contribution in [3.63, 3.8) is 0 Å². The van der Waals surface area contributed by atoms with Crippen molar-refractivity contribution in [2.24, 2.45) is 0 Å². The van der Waals surface area contributed by atoms with Gasteiger partial charge in [0.25, 0.3) is 5.69 Å². The molecule has 3 nitrogen and oxygen atoms in total. The molecule has 0 bridgehead atoms. The molecule has 1 atom stereocenters. The third kappa shape index (κ3) is 2.01. The molecule has 1 radical (unpaired) electrons. The molecule has 1 aromatic carbocycles. The van der Waals surface area contributed by atoms with E-state index in [1.165, 1.54) is 0 Å². The van der Waals surface area contributed by atoms with Gasteiger partial charge in [0.1, 0.15) is 0 Å². The van der Waals surface area contributed by atoms with Crippen LogP contribution in [-0.4, -0.2) is 4.92 Å². The Labute approximate surface area is 89.3 Å². The third-order valence-corrected chi connectivity index (χ3v) is 2.83. The first-order valence-electron chi connectivity index (χ1n) is 5.21. The maximum absolute atomic E-state index is 10.8. The van der Waals surface area contributed by atoms with E-state index in [2.05, 4.69) is 6.92 Å². The van der Waals surface area contributed by atoms with Gasteiger partial charge >= 0.3 is 0 Å². The van der Waals surface area contributed by atoms with E-state index >= 15 is 0 Å². The Kier molecular flexibility index (Phi) is 2.47. The first-order chi connectivity index (χ1) is 7.09. The highest BCUT2D eigenvalue weighted by molar-refractivity contribution is 5.47. The number of nitrogens with zero attached hydrogens (tertiary/aromatic N) is 1. The van der Waals surface area contributed by atoms with Crippen molar-refractivity contribution < 1.29 is 4.92 Å². The predicted octanol–water partition coefficient (Wildman–Crippen LogP) is 3.41. The van der Waals surface area contributed by atoms with Crippen LogP contribution in [0, 0.1) is 17.0 Å². The summed E-state index contributed by atoms with van der Waals surface area (Å²) >= 11 is 0. The average Bonchev–Trinajstić information content (AvgIpc) is 2.99. The maximum Gasteiger partial charge on any atom is 0.272 e. The molecule has 15 heavy (non-hydrogen) atoms. The summed E-state index contributed by atoms with van der Waals surface area (Å²) in [4.78, 5) is 10.5. The highest BCUT2D eigenvalue weighted by Gasteiger charge is 2.30. The lowest BCUT2D eigenvalue weighted by molar-refractivity contribution is -0.385. The monoisotopic (exact) mass is 204 g/mol. The van der Waals surface area contributed by atoms with Crippen LogP contribution in [0.15, 0.2) is 18.2 Å². The smallest absolute Gasteiger partial charge is 0.258 e. The molecule has 79 valence electrons. The molecule has 0 N–H and O–H groups in total. The predicted molar refractivity (Wildman–Crippen MR) is 58.8 cm³/mol. The van der Waals surface area contributed by atoms with Crippen LogP contribution >= 0.6 is 0 Å². The van der Waals surface area contributed by atoms with Crippen molar-refractivity contribution in [3.8, 4) is 0 Å². The number of nitro groups is 1. The molecule has 1 saturated carbocycles. The molecular weight excluding hydrogens is 190 g/mol. The molecule has 1 aliphatic rings. The lowest BCUT2D eigenvalue weighted by Crippen LogP contribution is -1.97. The summed E-state index contributed by atoms with van der Waals surface area (Å²) in [5.74, 6) is 0.590. The van der Waals surface area contributed by atoms with Crippen LogP contribution in [0.25, 0.3) is 0 Å². The number of benzene rings is 1. The minimum atomic E-state index is -0.287. The van der Waals surface area contributed by atoms with Gasteiger partial charge in [-0.05, 0) is 43.2 Å². The molecular formula is C12H14NO2. The van der Waals surface area contributed by atoms with E-state index in [0.717, 1.165) is 24.0 Å². The minimum Gasteiger partial charge on any atom is -0.258 e. The fourth-order valence-electron chi connectivity index (χ4n) is 1.77. The van der Waals surface area contributed by atoms with E-state index in [1.54, 1.807) is 6.07 Å². The van der Waals surface area contributed by atoms with E-state index in [-0.39, 0.29) is 16.5 Å². The largest absolute Gasteiger partial charge is 0.272 e. The molecule has 0 aromatic heterocycles. The van der Waals surface area contributed by atoms with E-state index in [9.17, 15) is 10.1 Å². The summed E-state index contributed by atoms with van der Waals surface area (Å²) in [6, 6.07) is 5.37. The van der Waals surface area contributed by atoms with Crippen LogP contribution in [-0.2, 0) is 0 Å². The van der Waals surface area contributed by atoms with Crippen LogP contribution < -0.4 is 0 Å². The SMILES string of the molecule is [CH2]C(C)c1ccc([N+](=O)[O-])c(C2CC2)c1. The van der Waals surface area contributed by atoms with Crippen LogP contribution in [0.1, 0.15) is 42.7 Å². The Morgan fingerprint density at radius 1 is 1.53 bits per heavy atom. The minimum absolute atomic E-state index is 0.184. The zero-order valence-corrected chi connectivity index (χ0v) is 8.77. The van der Waals surface area contributed by atoms with Crippen LogP contribution in [0.2, 0.25) is 0 Å².